The Kier molecular flexibility index (Phi) is 6.17. The molecule has 1 aromatic carbocycles. The molecule has 1 aromatic rings. The van der Waals surface area contributed by atoms with E-state index in [1.807, 2.05) is 30.3 Å². The molecule has 0 aliphatic carbocycles. The third-order valence-electron chi connectivity index (χ3n) is 3.25. The third-order valence-corrected chi connectivity index (χ3v) is 3.25. The molecule has 0 N–H and O–H groups in total. The molecule has 1 aliphatic heterocycles. The van der Waals surface area contributed by atoms with Crippen molar-refractivity contribution in [3.05, 3.63) is 48.2 Å². The van der Waals surface area contributed by atoms with Gasteiger partial charge < -0.3 is 18.9 Å². The molecular weight excluding hydrogens is 300 g/mol. The summed E-state index contributed by atoms with van der Waals surface area (Å²) in [5.74, 6) is -0.824. The highest BCUT2D eigenvalue weighted by atomic mass is 16.6. The summed E-state index contributed by atoms with van der Waals surface area (Å²) in [6, 6.07) is 9.61. The van der Waals surface area contributed by atoms with E-state index in [4.69, 9.17) is 18.9 Å². The third kappa shape index (κ3) is 5.41. The fourth-order valence-electron chi connectivity index (χ4n) is 2.22. The molecule has 0 unspecified atom stereocenters. The van der Waals surface area contributed by atoms with E-state index >= 15 is 0 Å². The van der Waals surface area contributed by atoms with Crippen LogP contribution in [0.25, 0.3) is 0 Å². The van der Waals surface area contributed by atoms with Crippen LogP contribution in [0.15, 0.2) is 42.7 Å². The molecule has 0 aromatic heterocycles. The molecule has 23 heavy (non-hydrogen) atoms. The van der Waals surface area contributed by atoms with Crippen LogP contribution >= 0.6 is 0 Å². The second-order valence-electron chi connectivity index (χ2n) is 5.14. The molecule has 3 atom stereocenters. The van der Waals surface area contributed by atoms with Crippen LogP contribution in [0, 0.1) is 0 Å². The van der Waals surface area contributed by atoms with Gasteiger partial charge in [0, 0.05) is 13.8 Å². The number of benzene rings is 1. The van der Waals surface area contributed by atoms with Gasteiger partial charge in [0.25, 0.3) is 0 Å². The quantitative estimate of drug-likeness (QED) is 0.746. The van der Waals surface area contributed by atoms with Crippen LogP contribution in [0.1, 0.15) is 19.4 Å². The predicted octanol–water partition coefficient (Wildman–Crippen LogP) is 1.98. The molecule has 0 spiro atoms. The summed E-state index contributed by atoms with van der Waals surface area (Å²) in [6.45, 7) is 3.01. The zero-order chi connectivity index (χ0) is 16.7. The van der Waals surface area contributed by atoms with E-state index in [1.54, 1.807) is 6.08 Å². The summed E-state index contributed by atoms with van der Waals surface area (Å²) >= 11 is 0. The fourth-order valence-corrected chi connectivity index (χ4v) is 2.22. The van der Waals surface area contributed by atoms with E-state index in [0.29, 0.717) is 6.61 Å². The Morgan fingerprint density at radius 2 is 1.87 bits per heavy atom. The Balaban J connectivity index is 2.05. The monoisotopic (exact) mass is 320 g/mol. The van der Waals surface area contributed by atoms with Gasteiger partial charge in [-0.25, -0.2) is 0 Å². The molecular formula is C17H20O6. The first-order valence-electron chi connectivity index (χ1n) is 7.34. The molecule has 0 saturated carbocycles. The topological polar surface area (TPSA) is 71.1 Å². The number of carbonyl (C=O) groups is 2. The van der Waals surface area contributed by atoms with Gasteiger partial charge in [-0.2, -0.15) is 0 Å². The maximum Gasteiger partial charge on any atom is 0.303 e. The van der Waals surface area contributed by atoms with Crippen molar-refractivity contribution < 1.29 is 28.5 Å². The lowest BCUT2D eigenvalue weighted by Gasteiger charge is -2.33. The summed E-state index contributed by atoms with van der Waals surface area (Å²) in [7, 11) is 0. The first-order chi connectivity index (χ1) is 11.1. The average molecular weight is 320 g/mol. The van der Waals surface area contributed by atoms with Crippen LogP contribution in [-0.2, 0) is 35.1 Å². The second kappa shape index (κ2) is 8.33. The van der Waals surface area contributed by atoms with E-state index in [0.717, 1.165) is 5.56 Å². The first kappa shape index (κ1) is 17.0. The minimum atomic E-state index is -0.592. The van der Waals surface area contributed by atoms with Crippen molar-refractivity contribution in [1.82, 2.24) is 0 Å². The number of ether oxygens (including phenoxy) is 4. The highest BCUT2D eigenvalue weighted by Gasteiger charge is 2.36. The summed E-state index contributed by atoms with van der Waals surface area (Å²) in [6.07, 6.45) is 1.34. The van der Waals surface area contributed by atoms with E-state index in [2.05, 4.69) is 0 Å². The Morgan fingerprint density at radius 3 is 2.52 bits per heavy atom. The van der Waals surface area contributed by atoms with Crippen molar-refractivity contribution in [2.24, 2.45) is 0 Å². The number of hydrogen-bond donors (Lipinski definition) is 0. The van der Waals surface area contributed by atoms with Crippen LogP contribution in [0.3, 0.4) is 0 Å². The van der Waals surface area contributed by atoms with Gasteiger partial charge in [-0.3, -0.25) is 9.59 Å². The minimum absolute atomic E-state index is 0.0247. The zero-order valence-electron chi connectivity index (χ0n) is 13.1. The summed E-state index contributed by atoms with van der Waals surface area (Å²) < 4.78 is 21.6. The first-order valence-corrected chi connectivity index (χ1v) is 7.34. The van der Waals surface area contributed by atoms with E-state index in [9.17, 15) is 9.59 Å². The van der Waals surface area contributed by atoms with Gasteiger partial charge in [0.1, 0.15) is 12.7 Å². The molecule has 2 rings (SSSR count). The van der Waals surface area contributed by atoms with Crippen LogP contribution in [-0.4, -0.2) is 36.9 Å². The lowest BCUT2D eigenvalue weighted by atomic mass is 10.1. The zero-order valence-corrected chi connectivity index (χ0v) is 13.1. The van der Waals surface area contributed by atoms with E-state index < -0.39 is 30.3 Å². The van der Waals surface area contributed by atoms with Crippen LogP contribution in [0.5, 0.6) is 0 Å². The molecule has 1 aliphatic rings. The highest BCUT2D eigenvalue weighted by Crippen LogP contribution is 2.21. The molecule has 0 amide bonds. The van der Waals surface area contributed by atoms with Crippen LogP contribution in [0.2, 0.25) is 0 Å². The Bertz CT molecular complexity index is 553. The lowest BCUT2D eigenvalue weighted by molar-refractivity contribution is -0.171. The van der Waals surface area contributed by atoms with Gasteiger partial charge in [0.15, 0.2) is 12.2 Å². The SMILES string of the molecule is CC(=O)OC[C@H]1OC=C[C@@H](OC(C)=O)[C@H]1OCc1ccccc1. The molecule has 0 saturated heterocycles. The molecule has 1 heterocycles. The maximum atomic E-state index is 11.3. The number of rotatable bonds is 6. The Hall–Kier alpha value is -2.34. The predicted molar refractivity (Wildman–Crippen MR) is 81.2 cm³/mol. The molecule has 0 radical (unpaired) electrons. The van der Waals surface area contributed by atoms with Gasteiger partial charge in [-0.05, 0) is 11.6 Å². The van der Waals surface area contributed by atoms with Gasteiger partial charge in [-0.1, -0.05) is 30.3 Å². The minimum Gasteiger partial charge on any atom is -0.492 e. The standard InChI is InChI=1S/C17H20O6/c1-12(18)21-11-16-17(15(8-9-20-16)23-13(2)19)22-10-14-6-4-3-5-7-14/h3-9,15-17H,10-11H2,1-2H3/t15-,16-,17-/m1/s1. The van der Waals surface area contributed by atoms with Crippen molar-refractivity contribution in [2.75, 3.05) is 6.61 Å². The average Bonchev–Trinajstić information content (AvgIpc) is 2.52. The maximum absolute atomic E-state index is 11.3. The largest absolute Gasteiger partial charge is 0.492 e. The number of carbonyl (C=O) groups excluding carboxylic acids is 2. The normalized spacial score (nSPS) is 23.0. The van der Waals surface area contributed by atoms with E-state index in [1.165, 1.54) is 20.1 Å². The van der Waals surface area contributed by atoms with Crippen molar-refractivity contribution in [2.45, 2.75) is 38.8 Å². The van der Waals surface area contributed by atoms with Gasteiger partial charge in [-0.15, -0.1) is 0 Å². The molecule has 124 valence electrons. The molecule has 6 heteroatoms. The second-order valence-corrected chi connectivity index (χ2v) is 5.14. The number of hydrogen-bond acceptors (Lipinski definition) is 6. The number of esters is 2. The molecule has 6 nitrogen and oxygen atoms in total. The fraction of sp³-hybridized carbons (Fsp3) is 0.412. The van der Waals surface area contributed by atoms with Crippen molar-refractivity contribution in [3.63, 3.8) is 0 Å². The highest BCUT2D eigenvalue weighted by molar-refractivity contribution is 5.66. The van der Waals surface area contributed by atoms with Crippen LogP contribution < -0.4 is 0 Å². The molecule has 0 fully saturated rings. The van der Waals surface area contributed by atoms with E-state index in [-0.39, 0.29) is 6.61 Å². The summed E-state index contributed by atoms with van der Waals surface area (Å²) in [5, 5.41) is 0. The van der Waals surface area contributed by atoms with Gasteiger partial charge in [0.05, 0.1) is 12.9 Å². The van der Waals surface area contributed by atoms with Gasteiger partial charge in [0.2, 0.25) is 0 Å². The smallest absolute Gasteiger partial charge is 0.303 e. The van der Waals surface area contributed by atoms with Crippen molar-refractivity contribution in [1.29, 1.82) is 0 Å². The Labute approximate surface area is 135 Å². The van der Waals surface area contributed by atoms with Crippen LogP contribution in [0.4, 0.5) is 0 Å². The summed E-state index contributed by atoms with van der Waals surface area (Å²) in [4.78, 5) is 22.3. The Morgan fingerprint density at radius 1 is 1.13 bits per heavy atom. The molecule has 0 bridgehead atoms. The van der Waals surface area contributed by atoms with Crippen molar-refractivity contribution in [3.8, 4) is 0 Å². The lowest BCUT2D eigenvalue weighted by Crippen LogP contribution is -2.46. The van der Waals surface area contributed by atoms with Crippen molar-refractivity contribution >= 4 is 11.9 Å². The van der Waals surface area contributed by atoms with Gasteiger partial charge >= 0.3 is 11.9 Å². The summed E-state index contributed by atoms with van der Waals surface area (Å²) in [5.41, 5.74) is 0.981.